The molecular weight excluding hydrogens is 456 g/mol. The molecule has 0 aliphatic carbocycles. The molecule has 1 heterocycles. The summed E-state index contributed by atoms with van der Waals surface area (Å²) in [5.74, 6) is -0.494. The van der Waals surface area contributed by atoms with Gasteiger partial charge in [-0.15, -0.1) is 11.8 Å². The fourth-order valence-electron chi connectivity index (χ4n) is 4.09. The Kier molecular flexibility index (Phi) is 9.53. The van der Waals surface area contributed by atoms with Gasteiger partial charge in [0, 0.05) is 20.3 Å². The Balaban J connectivity index is 1.91. The number of thioether (sulfide) groups is 1. The highest BCUT2D eigenvalue weighted by molar-refractivity contribution is 7.99. The van der Waals surface area contributed by atoms with Crippen LogP contribution in [0, 0.1) is 0 Å². The van der Waals surface area contributed by atoms with E-state index in [9.17, 15) is 14.7 Å². The van der Waals surface area contributed by atoms with Crippen molar-refractivity contribution in [3.8, 4) is 0 Å². The first-order chi connectivity index (χ1) is 16.3. The number of carbonyl (C=O) groups is 2. The van der Waals surface area contributed by atoms with Gasteiger partial charge in [0.2, 0.25) is 0 Å². The second-order valence-electron chi connectivity index (χ2n) is 8.22. The largest absolute Gasteiger partial charge is 0.456 e. The molecule has 1 N–H and O–H groups in total. The van der Waals surface area contributed by atoms with E-state index in [1.54, 1.807) is 0 Å². The molecule has 0 bridgehead atoms. The summed E-state index contributed by atoms with van der Waals surface area (Å²) in [4.78, 5) is 24.1. The predicted molar refractivity (Wildman–Crippen MR) is 129 cm³/mol. The minimum absolute atomic E-state index is 0.0901. The summed E-state index contributed by atoms with van der Waals surface area (Å²) in [6.07, 6.45) is -2.77. The molecule has 0 saturated carbocycles. The minimum atomic E-state index is -1.64. The van der Waals surface area contributed by atoms with Crippen molar-refractivity contribution in [2.75, 3.05) is 12.4 Å². The Morgan fingerprint density at radius 3 is 2.12 bits per heavy atom. The van der Waals surface area contributed by atoms with Crippen LogP contribution in [0.2, 0.25) is 0 Å². The highest BCUT2D eigenvalue weighted by Gasteiger charge is 2.59. The van der Waals surface area contributed by atoms with Gasteiger partial charge in [-0.05, 0) is 16.9 Å². The van der Waals surface area contributed by atoms with Gasteiger partial charge >= 0.3 is 11.9 Å². The maximum absolute atomic E-state index is 12.1. The second-order valence-corrected chi connectivity index (χ2v) is 9.56. The lowest BCUT2D eigenvalue weighted by atomic mass is 9.82. The molecule has 5 atom stereocenters. The van der Waals surface area contributed by atoms with Gasteiger partial charge in [0.05, 0.1) is 13.2 Å². The Labute approximate surface area is 204 Å². The maximum Gasteiger partial charge on any atom is 0.303 e. The summed E-state index contributed by atoms with van der Waals surface area (Å²) in [6.45, 7) is 4.93. The van der Waals surface area contributed by atoms with Crippen LogP contribution in [-0.4, -0.2) is 58.8 Å². The number of esters is 2. The van der Waals surface area contributed by atoms with E-state index in [4.69, 9.17) is 18.9 Å². The van der Waals surface area contributed by atoms with Crippen molar-refractivity contribution in [3.05, 3.63) is 71.8 Å². The molecule has 0 spiro atoms. The molecule has 1 saturated heterocycles. The van der Waals surface area contributed by atoms with Crippen LogP contribution in [0.4, 0.5) is 0 Å². The lowest BCUT2D eigenvalue weighted by Gasteiger charge is -2.50. The van der Waals surface area contributed by atoms with Gasteiger partial charge in [-0.2, -0.15) is 0 Å². The molecule has 2 aromatic rings. The van der Waals surface area contributed by atoms with E-state index in [2.05, 4.69) is 0 Å². The Morgan fingerprint density at radius 1 is 0.971 bits per heavy atom. The van der Waals surface area contributed by atoms with E-state index in [0.29, 0.717) is 12.4 Å². The van der Waals surface area contributed by atoms with E-state index in [-0.39, 0.29) is 13.0 Å². The van der Waals surface area contributed by atoms with Gasteiger partial charge in [0.1, 0.15) is 17.1 Å². The fourth-order valence-corrected chi connectivity index (χ4v) is 5.12. The molecule has 184 valence electrons. The maximum atomic E-state index is 12.1. The first-order valence-corrected chi connectivity index (χ1v) is 12.4. The summed E-state index contributed by atoms with van der Waals surface area (Å²) >= 11 is 1.40. The number of hydrogen-bond acceptors (Lipinski definition) is 8. The third-order valence-corrected chi connectivity index (χ3v) is 6.66. The third-order valence-electron chi connectivity index (χ3n) is 5.50. The lowest BCUT2D eigenvalue weighted by molar-refractivity contribution is -0.265. The third kappa shape index (κ3) is 6.82. The molecule has 1 aliphatic heterocycles. The van der Waals surface area contributed by atoms with Crippen molar-refractivity contribution >= 4 is 23.7 Å². The second kappa shape index (κ2) is 12.4. The van der Waals surface area contributed by atoms with E-state index < -0.39 is 41.3 Å². The summed E-state index contributed by atoms with van der Waals surface area (Å²) in [5.41, 5.74) is -0.546. The normalized spacial score (nSPS) is 26.6. The van der Waals surface area contributed by atoms with Gasteiger partial charge in [0.25, 0.3) is 0 Å². The van der Waals surface area contributed by atoms with E-state index in [1.807, 2.05) is 67.6 Å². The zero-order valence-electron chi connectivity index (χ0n) is 19.7. The van der Waals surface area contributed by atoms with Crippen LogP contribution in [0.15, 0.2) is 60.7 Å². The summed E-state index contributed by atoms with van der Waals surface area (Å²) < 4.78 is 23.4. The van der Waals surface area contributed by atoms with E-state index in [1.165, 1.54) is 25.6 Å². The summed E-state index contributed by atoms with van der Waals surface area (Å²) in [6, 6.07) is 19.0. The van der Waals surface area contributed by atoms with Gasteiger partial charge < -0.3 is 24.1 Å². The Bertz CT molecular complexity index is 923. The van der Waals surface area contributed by atoms with E-state index in [0.717, 1.165) is 11.1 Å². The average molecular weight is 489 g/mol. The van der Waals surface area contributed by atoms with Crippen LogP contribution in [0.5, 0.6) is 0 Å². The number of ether oxygens (including phenoxy) is 4. The van der Waals surface area contributed by atoms with Crippen LogP contribution in [0.1, 0.15) is 31.9 Å². The summed E-state index contributed by atoms with van der Waals surface area (Å²) in [5, 5.41) is 12.0. The van der Waals surface area contributed by atoms with Gasteiger partial charge in [-0.1, -0.05) is 67.6 Å². The van der Waals surface area contributed by atoms with Crippen molar-refractivity contribution in [1.29, 1.82) is 0 Å². The fraction of sp³-hybridized carbons (Fsp3) is 0.462. The summed E-state index contributed by atoms with van der Waals surface area (Å²) in [7, 11) is 0. The van der Waals surface area contributed by atoms with Crippen LogP contribution in [-0.2, 0) is 41.6 Å². The van der Waals surface area contributed by atoms with Gasteiger partial charge in [-0.3, -0.25) is 9.59 Å². The van der Waals surface area contributed by atoms with Crippen LogP contribution in [0.25, 0.3) is 0 Å². The Morgan fingerprint density at radius 2 is 1.56 bits per heavy atom. The standard InChI is InChI=1S/C26H32O7S/c1-4-34-25-26(29,15-20-11-7-5-8-12-20)24(32-19(3)28)23(31-18(2)27)22(33-25)17-30-16-21-13-9-6-10-14-21/h5-14,22-25,29H,4,15-17H2,1-3H3/t22-,23+,24+,25+,26-/m1/s1. The van der Waals surface area contributed by atoms with Gasteiger partial charge in [-0.25, -0.2) is 0 Å². The zero-order valence-corrected chi connectivity index (χ0v) is 20.5. The molecular formula is C26H32O7S. The van der Waals surface area contributed by atoms with Crippen molar-refractivity contribution in [2.45, 2.75) is 63.1 Å². The quantitative estimate of drug-likeness (QED) is 0.508. The SMILES string of the molecule is CCS[C@@H]1O[C@H](COCc2ccccc2)[C@H](OC(C)=O)[C@H](OC(C)=O)[C@]1(O)Cc1ccccc1. The highest BCUT2D eigenvalue weighted by Crippen LogP contribution is 2.41. The average Bonchev–Trinajstić information content (AvgIpc) is 2.80. The molecule has 1 fully saturated rings. The molecule has 0 radical (unpaired) electrons. The van der Waals surface area contributed by atoms with E-state index >= 15 is 0 Å². The molecule has 0 unspecified atom stereocenters. The molecule has 3 rings (SSSR count). The first kappa shape index (κ1) is 26.2. The topological polar surface area (TPSA) is 91.3 Å². The zero-order chi connectivity index (χ0) is 24.6. The molecule has 1 aliphatic rings. The Hall–Kier alpha value is -2.39. The number of carbonyl (C=O) groups excluding carboxylic acids is 2. The van der Waals surface area contributed by atoms with Crippen LogP contribution in [0.3, 0.4) is 0 Å². The molecule has 34 heavy (non-hydrogen) atoms. The monoisotopic (exact) mass is 488 g/mol. The van der Waals surface area contributed by atoms with Crippen LogP contribution >= 0.6 is 11.8 Å². The number of benzene rings is 2. The highest BCUT2D eigenvalue weighted by atomic mass is 32.2. The van der Waals surface area contributed by atoms with Gasteiger partial charge in [0.15, 0.2) is 12.2 Å². The van der Waals surface area contributed by atoms with Crippen molar-refractivity contribution < 1.29 is 33.6 Å². The van der Waals surface area contributed by atoms with Crippen molar-refractivity contribution in [1.82, 2.24) is 0 Å². The number of hydrogen-bond donors (Lipinski definition) is 1. The smallest absolute Gasteiger partial charge is 0.303 e. The molecule has 0 amide bonds. The first-order valence-electron chi connectivity index (χ1n) is 11.3. The lowest BCUT2D eigenvalue weighted by Crippen LogP contribution is -2.68. The molecule has 8 heteroatoms. The molecule has 0 aromatic heterocycles. The minimum Gasteiger partial charge on any atom is -0.456 e. The predicted octanol–water partition coefficient (Wildman–Crippen LogP) is 3.52. The van der Waals surface area contributed by atoms with Crippen molar-refractivity contribution in [3.63, 3.8) is 0 Å². The number of aliphatic hydroxyl groups is 1. The number of rotatable bonds is 10. The van der Waals surface area contributed by atoms with Crippen LogP contribution < -0.4 is 0 Å². The van der Waals surface area contributed by atoms with Crippen molar-refractivity contribution in [2.24, 2.45) is 0 Å². The molecule has 7 nitrogen and oxygen atoms in total. The molecule has 2 aromatic carbocycles.